The minimum Gasteiger partial charge on any atom is -0.493 e. The number of H-pyrrole nitrogens is 2. The molecule has 5 rings (SSSR count). The van der Waals surface area contributed by atoms with Crippen LogP contribution in [0, 0.1) is 0 Å². The van der Waals surface area contributed by atoms with Gasteiger partial charge in [-0.15, -0.1) is 0 Å². The maximum Gasteiger partial charge on any atom is 0.161 e. The van der Waals surface area contributed by atoms with Gasteiger partial charge in [0.2, 0.25) is 0 Å². The summed E-state index contributed by atoms with van der Waals surface area (Å²) in [7, 11) is 1.64. The molecule has 6 heteroatoms. The molecule has 2 N–H and O–H groups in total. The average molecular weight is 451 g/mol. The Morgan fingerprint density at radius 1 is 0.912 bits per heavy atom. The third kappa shape index (κ3) is 5.02. The number of fused-ring (bicyclic) bond motifs is 1. The highest BCUT2D eigenvalue weighted by atomic mass is 16.5. The smallest absolute Gasteiger partial charge is 0.161 e. The molecular weight excluding hydrogens is 424 g/mol. The van der Waals surface area contributed by atoms with Gasteiger partial charge in [-0.25, -0.2) is 0 Å². The molecule has 5 aromatic rings. The van der Waals surface area contributed by atoms with Crippen LogP contribution in [0.5, 0.6) is 11.5 Å². The third-order valence-corrected chi connectivity index (χ3v) is 5.73. The van der Waals surface area contributed by atoms with E-state index in [0.29, 0.717) is 18.1 Å². The van der Waals surface area contributed by atoms with Crippen LogP contribution in [0.4, 0.5) is 0 Å². The lowest BCUT2D eigenvalue weighted by Gasteiger charge is -2.11. The van der Waals surface area contributed by atoms with Crippen LogP contribution in [0.1, 0.15) is 28.2 Å². The molecule has 6 nitrogen and oxygen atoms in total. The van der Waals surface area contributed by atoms with Crippen molar-refractivity contribution < 1.29 is 9.47 Å². The van der Waals surface area contributed by atoms with E-state index in [1.165, 1.54) is 16.5 Å². The Morgan fingerprint density at radius 2 is 1.82 bits per heavy atom. The number of hydrogen-bond acceptors (Lipinski definition) is 4. The molecule has 0 bridgehead atoms. The Hall–Kier alpha value is -4.32. The van der Waals surface area contributed by atoms with Gasteiger partial charge in [0, 0.05) is 29.0 Å². The Morgan fingerprint density at radius 3 is 2.71 bits per heavy atom. The van der Waals surface area contributed by atoms with E-state index in [2.05, 4.69) is 56.7 Å². The number of hydrogen-bond donors (Lipinski definition) is 2. The molecule has 0 spiro atoms. The number of aromatic amines is 2. The highest BCUT2D eigenvalue weighted by Gasteiger charge is 2.07. The van der Waals surface area contributed by atoms with E-state index >= 15 is 0 Å². The minimum absolute atomic E-state index is 0.390. The average Bonchev–Trinajstić information content (AvgIpc) is 3.52. The van der Waals surface area contributed by atoms with Crippen LogP contribution < -0.4 is 9.47 Å². The van der Waals surface area contributed by atoms with Crippen molar-refractivity contribution in [1.29, 1.82) is 0 Å². The number of nitrogens with one attached hydrogen (secondary N) is 2. The van der Waals surface area contributed by atoms with Crippen LogP contribution in [0.3, 0.4) is 0 Å². The quantitative estimate of drug-likeness (QED) is 0.296. The molecule has 0 saturated carbocycles. The van der Waals surface area contributed by atoms with E-state index in [-0.39, 0.29) is 0 Å². The predicted octanol–water partition coefficient (Wildman–Crippen LogP) is 5.83. The number of aromatic nitrogens is 4. The Kier molecular flexibility index (Phi) is 6.38. The zero-order valence-electron chi connectivity index (χ0n) is 19.0. The molecule has 0 fully saturated rings. The van der Waals surface area contributed by atoms with Gasteiger partial charge >= 0.3 is 0 Å². The number of methoxy groups -OCH3 is 1. The van der Waals surface area contributed by atoms with Crippen LogP contribution in [0.2, 0.25) is 0 Å². The van der Waals surface area contributed by atoms with Crippen molar-refractivity contribution in [3.63, 3.8) is 0 Å². The molecule has 0 atom stereocenters. The number of pyridine rings is 1. The second kappa shape index (κ2) is 10.1. The van der Waals surface area contributed by atoms with E-state index in [9.17, 15) is 0 Å². The molecule has 0 saturated heterocycles. The number of rotatable bonds is 9. The van der Waals surface area contributed by atoms with Gasteiger partial charge in [0.05, 0.1) is 18.5 Å². The molecule has 0 aliphatic heterocycles. The highest BCUT2D eigenvalue weighted by Crippen LogP contribution is 2.29. The lowest BCUT2D eigenvalue weighted by Crippen LogP contribution is -1.99. The van der Waals surface area contributed by atoms with Gasteiger partial charge in [-0.3, -0.25) is 10.1 Å². The van der Waals surface area contributed by atoms with Crippen molar-refractivity contribution in [2.75, 3.05) is 7.11 Å². The van der Waals surface area contributed by atoms with Crippen molar-refractivity contribution >= 4 is 23.1 Å². The zero-order chi connectivity index (χ0) is 23.2. The van der Waals surface area contributed by atoms with E-state index in [1.807, 2.05) is 48.6 Å². The van der Waals surface area contributed by atoms with Gasteiger partial charge < -0.3 is 14.5 Å². The lowest BCUT2D eigenvalue weighted by molar-refractivity contribution is 0.280. The molecule has 3 heterocycles. The van der Waals surface area contributed by atoms with Crippen molar-refractivity contribution in [3.8, 4) is 11.5 Å². The van der Waals surface area contributed by atoms with Gasteiger partial charge in [-0.1, -0.05) is 36.4 Å². The number of nitrogens with zero attached hydrogens (tertiary/aromatic N) is 2. The van der Waals surface area contributed by atoms with Crippen molar-refractivity contribution in [3.05, 3.63) is 107 Å². The van der Waals surface area contributed by atoms with E-state index < -0.39 is 0 Å². The largest absolute Gasteiger partial charge is 0.493 e. The summed E-state index contributed by atoms with van der Waals surface area (Å²) in [6.07, 6.45) is 9.72. The number of para-hydroxylation sites is 1. The Balaban J connectivity index is 1.21. The van der Waals surface area contributed by atoms with Gasteiger partial charge in [0.1, 0.15) is 6.61 Å². The molecule has 0 amide bonds. The molecule has 34 heavy (non-hydrogen) atoms. The summed E-state index contributed by atoms with van der Waals surface area (Å²) in [6, 6.07) is 22.1. The van der Waals surface area contributed by atoms with E-state index in [4.69, 9.17) is 9.47 Å². The van der Waals surface area contributed by atoms with Crippen LogP contribution in [-0.4, -0.2) is 27.3 Å². The van der Waals surface area contributed by atoms with Crippen LogP contribution >= 0.6 is 0 Å². The van der Waals surface area contributed by atoms with Crippen molar-refractivity contribution in [1.82, 2.24) is 20.2 Å². The maximum absolute atomic E-state index is 5.89. The first kappa shape index (κ1) is 21.5. The van der Waals surface area contributed by atoms with E-state index in [1.54, 1.807) is 13.3 Å². The van der Waals surface area contributed by atoms with Crippen LogP contribution in [0.15, 0.2) is 79.1 Å². The van der Waals surface area contributed by atoms with Gasteiger partial charge in [-0.05, 0) is 66.4 Å². The summed E-state index contributed by atoms with van der Waals surface area (Å²) in [5, 5.41) is 8.87. The Labute approximate surface area is 198 Å². The molecule has 170 valence electrons. The van der Waals surface area contributed by atoms with Crippen LogP contribution in [0.25, 0.3) is 23.1 Å². The fourth-order valence-electron chi connectivity index (χ4n) is 3.92. The first-order valence-corrected chi connectivity index (χ1v) is 11.3. The molecule has 0 aliphatic carbocycles. The number of ether oxygens (including phenoxy) is 2. The summed E-state index contributed by atoms with van der Waals surface area (Å²) < 4.78 is 11.4. The fourth-order valence-corrected chi connectivity index (χ4v) is 3.92. The second-order valence-corrected chi connectivity index (χ2v) is 8.03. The topological polar surface area (TPSA) is 75.8 Å². The monoisotopic (exact) mass is 450 g/mol. The summed E-state index contributed by atoms with van der Waals surface area (Å²) in [5.74, 6) is 1.36. The van der Waals surface area contributed by atoms with Gasteiger partial charge in [0.25, 0.3) is 0 Å². The van der Waals surface area contributed by atoms with Crippen LogP contribution in [-0.2, 0) is 19.4 Å². The van der Waals surface area contributed by atoms with E-state index in [0.717, 1.165) is 35.5 Å². The molecular formula is C28H26N4O2. The SMILES string of the molecule is COc1cc(/C=C/c2cc(CCc3c[nH]c4ccccc34)[nH]n2)ccc1OCc1ccccn1. The first-order chi connectivity index (χ1) is 16.8. The van der Waals surface area contributed by atoms with Gasteiger partial charge in [-0.2, -0.15) is 5.10 Å². The summed E-state index contributed by atoms with van der Waals surface area (Å²) in [5.41, 5.74) is 6.37. The molecule has 0 radical (unpaired) electrons. The summed E-state index contributed by atoms with van der Waals surface area (Å²) in [6.45, 7) is 0.390. The molecule has 0 unspecified atom stereocenters. The fraction of sp³-hybridized carbons (Fsp3) is 0.143. The standard InChI is InChI=1S/C28H26N4O2/c1-33-28-16-20(10-14-27(28)34-19-24-6-4-5-15-29-24)9-12-22-17-23(32-31-22)13-11-21-18-30-26-8-3-2-7-25(21)26/h2-10,12,14-18,30H,11,13,19H2,1H3,(H,31,32)/b12-9+. The zero-order valence-corrected chi connectivity index (χ0v) is 19.0. The normalized spacial score (nSPS) is 11.3. The second-order valence-electron chi connectivity index (χ2n) is 8.03. The van der Waals surface area contributed by atoms with Gasteiger partial charge in [0.15, 0.2) is 11.5 Å². The third-order valence-electron chi connectivity index (χ3n) is 5.73. The first-order valence-electron chi connectivity index (χ1n) is 11.3. The Bertz CT molecular complexity index is 1400. The lowest BCUT2D eigenvalue weighted by atomic mass is 10.1. The minimum atomic E-state index is 0.390. The highest BCUT2D eigenvalue weighted by molar-refractivity contribution is 5.83. The van der Waals surface area contributed by atoms with Crippen molar-refractivity contribution in [2.45, 2.75) is 19.4 Å². The summed E-state index contributed by atoms with van der Waals surface area (Å²) in [4.78, 5) is 7.62. The predicted molar refractivity (Wildman–Crippen MR) is 135 cm³/mol. The molecule has 2 aromatic carbocycles. The van der Waals surface area contributed by atoms with Crippen molar-refractivity contribution in [2.24, 2.45) is 0 Å². The summed E-state index contributed by atoms with van der Waals surface area (Å²) >= 11 is 0. The number of benzene rings is 2. The number of aryl methyl sites for hydroxylation is 2. The maximum atomic E-state index is 5.89. The molecule has 0 aliphatic rings. The molecule has 3 aromatic heterocycles.